The van der Waals surface area contributed by atoms with Crippen LogP contribution in [0, 0.1) is 0 Å². The molecule has 0 aliphatic carbocycles. The number of carbonyl (C=O) groups is 1. The van der Waals surface area contributed by atoms with Crippen molar-refractivity contribution >= 4 is 17.4 Å². The lowest BCUT2D eigenvalue weighted by Gasteiger charge is -2.20. The first-order valence-corrected chi connectivity index (χ1v) is 8.52. The van der Waals surface area contributed by atoms with Gasteiger partial charge in [-0.15, -0.1) is 11.3 Å². The second-order valence-electron chi connectivity index (χ2n) is 6.48. The minimum absolute atomic E-state index is 0.134. The number of nitrogens with two attached hydrogens (primary N) is 1. The van der Waals surface area contributed by atoms with Crippen molar-refractivity contribution in [3.63, 3.8) is 0 Å². The lowest BCUT2D eigenvalue weighted by molar-refractivity contribution is 0.0524. The number of carbonyl (C=O) groups excluding carboxylic acids is 1. The zero-order valence-corrected chi connectivity index (χ0v) is 14.7. The standard InChI is InChI=1S/C18H24N2O2S/c1-18(2,3)22-17(21)20-12-14(19)11-15-9-10-16(23-15)13-7-5-4-6-8-13/h4-10,14H,11-12,19H2,1-3H3,(H,20,21). The summed E-state index contributed by atoms with van der Waals surface area (Å²) in [7, 11) is 0. The van der Waals surface area contributed by atoms with E-state index in [0.717, 1.165) is 6.42 Å². The summed E-state index contributed by atoms with van der Waals surface area (Å²) in [6.45, 7) is 5.91. The maximum atomic E-state index is 11.6. The molecule has 0 bridgehead atoms. The highest BCUT2D eigenvalue weighted by atomic mass is 32.1. The summed E-state index contributed by atoms with van der Waals surface area (Å²) >= 11 is 1.73. The molecular formula is C18H24N2O2S. The molecular weight excluding hydrogens is 308 g/mol. The van der Waals surface area contributed by atoms with Gasteiger partial charge < -0.3 is 15.8 Å². The molecule has 1 amide bonds. The second kappa shape index (κ2) is 7.62. The summed E-state index contributed by atoms with van der Waals surface area (Å²) in [5.74, 6) is 0. The van der Waals surface area contributed by atoms with Gasteiger partial charge in [0.05, 0.1) is 0 Å². The van der Waals surface area contributed by atoms with Crippen molar-refractivity contribution in [2.75, 3.05) is 6.54 Å². The summed E-state index contributed by atoms with van der Waals surface area (Å²) < 4.78 is 5.20. The van der Waals surface area contributed by atoms with Gasteiger partial charge in [0.1, 0.15) is 5.60 Å². The molecule has 1 aromatic carbocycles. The van der Waals surface area contributed by atoms with Crippen molar-refractivity contribution in [3.8, 4) is 10.4 Å². The number of amides is 1. The van der Waals surface area contributed by atoms with Crippen LogP contribution in [0.5, 0.6) is 0 Å². The largest absolute Gasteiger partial charge is 0.444 e. The molecule has 2 aromatic rings. The summed E-state index contributed by atoms with van der Waals surface area (Å²) in [6.07, 6.45) is 0.303. The van der Waals surface area contributed by atoms with Gasteiger partial charge in [0.25, 0.3) is 0 Å². The van der Waals surface area contributed by atoms with E-state index < -0.39 is 11.7 Å². The van der Waals surface area contributed by atoms with Gasteiger partial charge in [0.15, 0.2) is 0 Å². The molecule has 1 aromatic heterocycles. The lowest BCUT2D eigenvalue weighted by atomic mass is 10.1. The van der Waals surface area contributed by atoms with Crippen LogP contribution < -0.4 is 11.1 Å². The molecule has 0 saturated heterocycles. The number of alkyl carbamates (subject to hydrolysis) is 1. The Morgan fingerprint density at radius 2 is 1.91 bits per heavy atom. The van der Waals surface area contributed by atoms with Gasteiger partial charge in [-0.05, 0) is 44.9 Å². The fourth-order valence-electron chi connectivity index (χ4n) is 2.10. The average Bonchev–Trinajstić information content (AvgIpc) is 2.93. The topological polar surface area (TPSA) is 64.3 Å². The molecule has 4 nitrogen and oxygen atoms in total. The molecule has 0 spiro atoms. The van der Waals surface area contributed by atoms with Crippen LogP contribution >= 0.6 is 11.3 Å². The molecule has 2 rings (SSSR count). The third-order valence-corrected chi connectivity index (χ3v) is 4.25. The summed E-state index contributed by atoms with van der Waals surface area (Å²) in [5, 5.41) is 2.72. The van der Waals surface area contributed by atoms with Crippen LogP contribution in [0.25, 0.3) is 10.4 Å². The smallest absolute Gasteiger partial charge is 0.407 e. The number of benzene rings is 1. The number of hydrogen-bond acceptors (Lipinski definition) is 4. The van der Waals surface area contributed by atoms with Gasteiger partial charge >= 0.3 is 6.09 Å². The maximum Gasteiger partial charge on any atom is 0.407 e. The van der Waals surface area contributed by atoms with Gasteiger partial charge in [-0.2, -0.15) is 0 Å². The van der Waals surface area contributed by atoms with Crippen molar-refractivity contribution in [2.24, 2.45) is 5.73 Å². The Hall–Kier alpha value is -1.85. The van der Waals surface area contributed by atoms with Crippen LogP contribution in [0.3, 0.4) is 0 Å². The zero-order chi connectivity index (χ0) is 16.9. The molecule has 1 atom stereocenters. The summed E-state index contributed by atoms with van der Waals surface area (Å²) in [6, 6.07) is 14.3. The predicted molar refractivity (Wildman–Crippen MR) is 95.7 cm³/mol. The fourth-order valence-corrected chi connectivity index (χ4v) is 3.21. The highest BCUT2D eigenvalue weighted by molar-refractivity contribution is 7.15. The van der Waals surface area contributed by atoms with Gasteiger partial charge in [-0.25, -0.2) is 4.79 Å². The van der Waals surface area contributed by atoms with Gasteiger partial charge in [-0.3, -0.25) is 0 Å². The minimum atomic E-state index is -0.494. The van der Waals surface area contributed by atoms with Gasteiger partial charge in [0.2, 0.25) is 0 Å². The van der Waals surface area contributed by atoms with E-state index in [4.69, 9.17) is 10.5 Å². The van der Waals surface area contributed by atoms with E-state index in [0.29, 0.717) is 6.54 Å². The molecule has 1 unspecified atom stereocenters. The van der Waals surface area contributed by atoms with E-state index >= 15 is 0 Å². The minimum Gasteiger partial charge on any atom is -0.444 e. The Morgan fingerprint density at radius 1 is 1.22 bits per heavy atom. The molecule has 0 aliphatic rings. The fraction of sp³-hybridized carbons (Fsp3) is 0.389. The second-order valence-corrected chi connectivity index (χ2v) is 7.65. The van der Waals surface area contributed by atoms with Gasteiger partial charge in [0, 0.05) is 22.3 Å². The molecule has 1 heterocycles. The first kappa shape index (κ1) is 17.5. The number of nitrogens with one attached hydrogen (secondary N) is 1. The molecule has 23 heavy (non-hydrogen) atoms. The number of hydrogen-bond donors (Lipinski definition) is 2. The molecule has 0 radical (unpaired) electrons. The lowest BCUT2D eigenvalue weighted by Crippen LogP contribution is -2.40. The first-order valence-electron chi connectivity index (χ1n) is 7.70. The van der Waals surface area contributed by atoms with Crippen LogP contribution in [0.2, 0.25) is 0 Å². The van der Waals surface area contributed by atoms with E-state index in [1.807, 2.05) is 39.0 Å². The highest BCUT2D eigenvalue weighted by Crippen LogP contribution is 2.28. The molecule has 124 valence electrons. The molecule has 0 saturated carbocycles. The average molecular weight is 332 g/mol. The Bertz CT molecular complexity index is 632. The monoisotopic (exact) mass is 332 g/mol. The van der Waals surface area contributed by atoms with Crippen LogP contribution in [0.15, 0.2) is 42.5 Å². The van der Waals surface area contributed by atoms with Crippen LogP contribution in [0.1, 0.15) is 25.6 Å². The van der Waals surface area contributed by atoms with Crippen LogP contribution in [-0.2, 0) is 11.2 Å². The SMILES string of the molecule is CC(C)(C)OC(=O)NCC(N)Cc1ccc(-c2ccccc2)s1. The predicted octanol–water partition coefficient (Wildman–Crippen LogP) is 3.81. The Balaban J connectivity index is 1.83. The van der Waals surface area contributed by atoms with Crippen molar-refractivity contribution in [1.29, 1.82) is 0 Å². The molecule has 0 aliphatic heterocycles. The quantitative estimate of drug-likeness (QED) is 0.875. The third-order valence-electron chi connectivity index (χ3n) is 3.09. The molecule has 3 N–H and O–H groups in total. The van der Waals surface area contributed by atoms with E-state index in [2.05, 4.69) is 29.6 Å². The Morgan fingerprint density at radius 3 is 2.57 bits per heavy atom. The van der Waals surface area contributed by atoms with E-state index in [9.17, 15) is 4.79 Å². The van der Waals surface area contributed by atoms with E-state index in [-0.39, 0.29) is 6.04 Å². The van der Waals surface area contributed by atoms with Crippen LogP contribution in [-0.4, -0.2) is 24.3 Å². The van der Waals surface area contributed by atoms with Crippen molar-refractivity contribution < 1.29 is 9.53 Å². The third kappa shape index (κ3) is 6.04. The van der Waals surface area contributed by atoms with Crippen molar-refractivity contribution in [1.82, 2.24) is 5.32 Å². The number of thiophene rings is 1. The number of ether oxygens (including phenoxy) is 1. The van der Waals surface area contributed by atoms with Gasteiger partial charge in [-0.1, -0.05) is 30.3 Å². The number of rotatable bonds is 5. The Kier molecular flexibility index (Phi) is 5.80. The Labute approximate surface area is 141 Å². The van der Waals surface area contributed by atoms with Crippen LogP contribution in [0.4, 0.5) is 4.79 Å². The summed E-state index contributed by atoms with van der Waals surface area (Å²) in [4.78, 5) is 14.1. The highest BCUT2D eigenvalue weighted by Gasteiger charge is 2.16. The normalized spacial score (nSPS) is 12.7. The van der Waals surface area contributed by atoms with E-state index in [1.54, 1.807) is 11.3 Å². The molecule has 0 fully saturated rings. The maximum absolute atomic E-state index is 11.6. The van der Waals surface area contributed by atoms with Crippen molar-refractivity contribution in [2.45, 2.75) is 38.8 Å². The van der Waals surface area contributed by atoms with E-state index in [1.165, 1.54) is 15.3 Å². The molecule has 5 heteroatoms. The summed E-state index contributed by atoms with van der Waals surface area (Å²) in [5.41, 5.74) is 6.82. The van der Waals surface area contributed by atoms with Crippen molar-refractivity contribution in [3.05, 3.63) is 47.3 Å². The zero-order valence-electron chi connectivity index (χ0n) is 13.8. The first-order chi connectivity index (χ1) is 10.8.